The minimum atomic E-state index is -4.78. The van der Waals surface area contributed by atoms with Gasteiger partial charge in [0.1, 0.15) is 24.3 Å². The van der Waals surface area contributed by atoms with Crippen LogP contribution < -0.4 is 9.64 Å². The highest BCUT2D eigenvalue weighted by molar-refractivity contribution is 9.10. The Morgan fingerprint density at radius 2 is 1.76 bits per heavy atom. The second-order valence-electron chi connectivity index (χ2n) is 12.9. The van der Waals surface area contributed by atoms with Crippen molar-refractivity contribution in [3.05, 3.63) is 94.0 Å². The number of rotatable bonds is 9. The first-order chi connectivity index (χ1) is 24.3. The number of hydrogen-bond donors (Lipinski definition) is 0. The molecule has 2 aromatic heterocycles. The van der Waals surface area contributed by atoms with Gasteiger partial charge < -0.3 is 19.1 Å². The molecule has 1 amide bonds. The molecular formula is C36H38BrF3N6O5. The molecular weight excluding hydrogens is 733 g/mol. The summed E-state index contributed by atoms with van der Waals surface area (Å²) >= 11 is 3.36. The van der Waals surface area contributed by atoms with Crippen molar-refractivity contribution >= 4 is 33.8 Å². The van der Waals surface area contributed by atoms with E-state index in [1.165, 1.54) is 27.8 Å². The molecule has 11 nitrogen and oxygen atoms in total. The molecule has 2 atom stereocenters. The first-order valence-electron chi connectivity index (χ1n) is 16.6. The van der Waals surface area contributed by atoms with E-state index in [-0.39, 0.29) is 41.6 Å². The maximum atomic E-state index is 14.7. The SMILES string of the molecule is CCOC(=O)[C@@H]1CC2(CCN(c3cc(O[C@H](c4ccc(Br)cc4-n4ccc(C)n4)C(F)(F)F)nc(C)n3)CC2)CN1C(=O)OCc1ccccc1. The fourth-order valence-electron chi connectivity index (χ4n) is 6.73. The van der Waals surface area contributed by atoms with Gasteiger partial charge in [-0.25, -0.2) is 19.3 Å². The fraction of sp³-hybridized carbons (Fsp3) is 0.417. The summed E-state index contributed by atoms with van der Waals surface area (Å²) in [6.45, 7) is 6.60. The molecule has 15 heteroatoms. The monoisotopic (exact) mass is 770 g/mol. The van der Waals surface area contributed by atoms with Crippen molar-refractivity contribution in [1.29, 1.82) is 0 Å². The lowest BCUT2D eigenvalue weighted by molar-refractivity contribution is -0.198. The Labute approximate surface area is 301 Å². The van der Waals surface area contributed by atoms with Crippen LogP contribution in [0, 0.1) is 19.3 Å². The number of nitrogens with zero attached hydrogens (tertiary/aromatic N) is 6. The fourth-order valence-corrected chi connectivity index (χ4v) is 7.08. The summed E-state index contributed by atoms with van der Waals surface area (Å²) in [5.41, 5.74) is 1.18. The third-order valence-electron chi connectivity index (χ3n) is 9.24. The predicted octanol–water partition coefficient (Wildman–Crippen LogP) is 7.28. The predicted molar refractivity (Wildman–Crippen MR) is 184 cm³/mol. The quantitative estimate of drug-likeness (QED) is 0.162. The molecule has 0 bridgehead atoms. The van der Waals surface area contributed by atoms with Gasteiger partial charge in [0.2, 0.25) is 12.0 Å². The van der Waals surface area contributed by atoms with Crippen LogP contribution in [-0.4, -0.2) is 75.2 Å². The number of hydrogen-bond acceptors (Lipinski definition) is 9. The molecule has 0 N–H and O–H groups in total. The van der Waals surface area contributed by atoms with E-state index >= 15 is 0 Å². The number of halogens is 4. The van der Waals surface area contributed by atoms with Gasteiger partial charge >= 0.3 is 18.2 Å². The number of carbonyl (C=O) groups is 2. The van der Waals surface area contributed by atoms with Gasteiger partial charge in [-0.15, -0.1) is 0 Å². The second kappa shape index (κ2) is 14.9. The first-order valence-corrected chi connectivity index (χ1v) is 17.4. The Morgan fingerprint density at radius 1 is 1.02 bits per heavy atom. The van der Waals surface area contributed by atoms with Gasteiger partial charge in [0, 0.05) is 41.9 Å². The van der Waals surface area contributed by atoms with E-state index in [4.69, 9.17) is 14.2 Å². The third kappa shape index (κ3) is 8.29. The zero-order chi connectivity index (χ0) is 36.3. The summed E-state index contributed by atoms with van der Waals surface area (Å²) in [7, 11) is 0. The van der Waals surface area contributed by atoms with Gasteiger partial charge in [-0.1, -0.05) is 52.3 Å². The number of aryl methyl sites for hydroxylation is 2. The second-order valence-corrected chi connectivity index (χ2v) is 13.8. The molecule has 2 aliphatic heterocycles. The van der Waals surface area contributed by atoms with Crippen molar-refractivity contribution in [3.63, 3.8) is 0 Å². The van der Waals surface area contributed by atoms with Crippen molar-refractivity contribution < 1.29 is 37.0 Å². The van der Waals surface area contributed by atoms with Crippen LogP contribution in [0.1, 0.15) is 54.9 Å². The molecule has 2 fully saturated rings. The number of likely N-dealkylation sites (tertiary alicyclic amines) is 1. The number of esters is 1. The Bertz CT molecular complexity index is 1870. The number of alkyl halides is 3. The molecule has 6 rings (SSSR count). The first kappa shape index (κ1) is 36.1. The number of carbonyl (C=O) groups excluding carboxylic acids is 2. The molecule has 0 radical (unpaired) electrons. The molecule has 4 aromatic rings. The van der Waals surface area contributed by atoms with Crippen LogP contribution in [0.4, 0.5) is 23.8 Å². The van der Waals surface area contributed by atoms with E-state index in [1.54, 1.807) is 39.1 Å². The lowest BCUT2D eigenvalue weighted by Crippen LogP contribution is -2.43. The zero-order valence-corrected chi connectivity index (χ0v) is 30.0. The van der Waals surface area contributed by atoms with Crippen molar-refractivity contribution in [2.45, 2.75) is 65.0 Å². The Morgan fingerprint density at radius 3 is 2.43 bits per heavy atom. The molecule has 2 aliphatic rings. The van der Waals surface area contributed by atoms with Crippen LogP contribution in [0.25, 0.3) is 5.69 Å². The number of anilines is 1. The minimum Gasteiger partial charge on any atom is -0.464 e. The van der Waals surface area contributed by atoms with Crippen LogP contribution in [0.15, 0.2) is 71.3 Å². The van der Waals surface area contributed by atoms with E-state index in [1.807, 2.05) is 35.2 Å². The molecule has 2 aromatic carbocycles. The van der Waals surface area contributed by atoms with Crippen LogP contribution in [0.5, 0.6) is 5.88 Å². The number of aromatic nitrogens is 4. The maximum absolute atomic E-state index is 14.7. The smallest absolute Gasteiger partial charge is 0.429 e. The van der Waals surface area contributed by atoms with E-state index in [2.05, 4.69) is 31.0 Å². The number of ether oxygens (including phenoxy) is 3. The van der Waals surface area contributed by atoms with Gasteiger partial charge in [-0.3, -0.25) is 4.90 Å². The summed E-state index contributed by atoms with van der Waals surface area (Å²) in [5, 5.41) is 4.32. The van der Waals surface area contributed by atoms with Crippen LogP contribution >= 0.6 is 15.9 Å². The molecule has 270 valence electrons. The van der Waals surface area contributed by atoms with Crippen LogP contribution in [0.2, 0.25) is 0 Å². The van der Waals surface area contributed by atoms with Crippen molar-refractivity contribution in [1.82, 2.24) is 24.6 Å². The molecule has 0 saturated carbocycles. The van der Waals surface area contributed by atoms with Crippen molar-refractivity contribution in [2.75, 3.05) is 31.1 Å². The van der Waals surface area contributed by atoms with Gasteiger partial charge in [-0.05, 0) is 69.2 Å². The molecule has 51 heavy (non-hydrogen) atoms. The number of piperidine rings is 1. The lowest BCUT2D eigenvalue weighted by Gasteiger charge is -2.39. The standard InChI is InChI=1S/C36H38BrF3N6O5/c1-4-49-33(47)29-20-35(22-45(29)34(48)50-21-25-8-6-5-7-9-25)13-16-44(17-14-35)30-19-31(42-24(3)41-30)51-32(36(38,39)40)27-11-10-26(37)18-28(27)46-15-12-23(2)43-46/h5-12,15,18-19,29,32H,4,13-14,16-17,20-22H2,1-3H3/t29-,32+/m0/s1. The average Bonchev–Trinajstić information content (AvgIpc) is 3.70. The molecule has 0 aliphatic carbocycles. The minimum absolute atomic E-state index is 0.0746. The van der Waals surface area contributed by atoms with Crippen LogP contribution in [-0.2, 0) is 20.9 Å². The van der Waals surface area contributed by atoms with Gasteiger partial charge in [0.15, 0.2) is 0 Å². The summed E-state index contributed by atoms with van der Waals surface area (Å²) in [6.07, 6.45) is -4.51. The highest BCUT2D eigenvalue weighted by atomic mass is 79.9. The van der Waals surface area contributed by atoms with Gasteiger partial charge in [0.25, 0.3) is 0 Å². The van der Waals surface area contributed by atoms with Gasteiger partial charge in [0.05, 0.1) is 18.0 Å². The Kier molecular flexibility index (Phi) is 10.6. The largest absolute Gasteiger partial charge is 0.464 e. The van der Waals surface area contributed by atoms with E-state index in [0.717, 1.165) is 5.56 Å². The maximum Gasteiger partial charge on any atom is 0.429 e. The molecule has 4 heterocycles. The highest BCUT2D eigenvalue weighted by Gasteiger charge is 2.51. The normalized spacial score (nSPS) is 17.7. The summed E-state index contributed by atoms with van der Waals surface area (Å²) < 4.78 is 62.6. The van der Waals surface area contributed by atoms with E-state index in [0.29, 0.717) is 54.9 Å². The molecule has 0 unspecified atom stereocenters. The topological polar surface area (TPSA) is 112 Å². The molecule has 1 spiro atoms. The summed E-state index contributed by atoms with van der Waals surface area (Å²) in [5.74, 6) is -0.0252. The summed E-state index contributed by atoms with van der Waals surface area (Å²) in [4.78, 5) is 38.5. The van der Waals surface area contributed by atoms with E-state index < -0.39 is 30.4 Å². The lowest BCUT2D eigenvalue weighted by atomic mass is 9.76. The Balaban J connectivity index is 1.19. The summed E-state index contributed by atoms with van der Waals surface area (Å²) in [6, 6.07) is 16.1. The Hall–Kier alpha value is -4.66. The average molecular weight is 772 g/mol. The van der Waals surface area contributed by atoms with E-state index in [9.17, 15) is 22.8 Å². The van der Waals surface area contributed by atoms with Gasteiger partial charge in [-0.2, -0.15) is 23.3 Å². The van der Waals surface area contributed by atoms with Crippen molar-refractivity contribution in [2.24, 2.45) is 5.41 Å². The van der Waals surface area contributed by atoms with Crippen molar-refractivity contribution in [3.8, 4) is 11.6 Å². The highest BCUT2D eigenvalue weighted by Crippen LogP contribution is 2.45. The number of benzene rings is 2. The third-order valence-corrected chi connectivity index (χ3v) is 9.73. The zero-order valence-electron chi connectivity index (χ0n) is 28.4. The molecule has 2 saturated heterocycles. The van der Waals surface area contributed by atoms with Crippen LogP contribution in [0.3, 0.4) is 0 Å². The number of amides is 1.